The number of nitrogens with one attached hydrogen (secondary N) is 1. The van der Waals surface area contributed by atoms with Crippen molar-refractivity contribution in [1.82, 2.24) is 20.1 Å². The molecule has 0 aliphatic carbocycles. The van der Waals surface area contributed by atoms with E-state index in [-0.39, 0.29) is 35.2 Å². The second kappa shape index (κ2) is 7.22. The lowest BCUT2D eigenvalue weighted by molar-refractivity contribution is 0.0965. The highest BCUT2D eigenvalue weighted by molar-refractivity contribution is 6.01. The number of hydrogen-bond acceptors (Lipinski definition) is 6. The fourth-order valence-electron chi connectivity index (χ4n) is 4.09. The highest BCUT2D eigenvalue weighted by Gasteiger charge is 2.29. The predicted molar refractivity (Wildman–Crippen MR) is 109 cm³/mol. The lowest BCUT2D eigenvalue weighted by Gasteiger charge is -2.14. The van der Waals surface area contributed by atoms with Gasteiger partial charge in [0.1, 0.15) is 5.82 Å². The number of rotatable bonds is 3. The molecule has 2 aliphatic rings. The van der Waals surface area contributed by atoms with E-state index in [9.17, 15) is 14.4 Å². The Kier molecular flexibility index (Phi) is 4.37. The SMILES string of the molecule is N#Cc1cccc(F)c1-c1cc(-n2ccc(N3CC[C@@H](C#N)C3)n2)c2c(n1)CNC2=O. The van der Waals surface area contributed by atoms with Crippen molar-refractivity contribution in [3.63, 3.8) is 0 Å². The van der Waals surface area contributed by atoms with Crippen molar-refractivity contribution in [2.45, 2.75) is 13.0 Å². The third-order valence-corrected chi connectivity index (χ3v) is 5.62. The molecule has 3 aromatic rings. The first-order valence-electron chi connectivity index (χ1n) is 9.80. The molecular weight excluding hydrogens is 397 g/mol. The summed E-state index contributed by atoms with van der Waals surface area (Å²) in [4.78, 5) is 19.0. The monoisotopic (exact) mass is 413 g/mol. The van der Waals surface area contributed by atoms with Crippen LogP contribution < -0.4 is 10.2 Å². The minimum Gasteiger partial charge on any atom is -0.354 e. The van der Waals surface area contributed by atoms with Gasteiger partial charge in [0, 0.05) is 25.4 Å². The number of amides is 1. The van der Waals surface area contributed by atoms with Crippen LogP contribution in [0, 0.1) is 34.4 Å². The van der Waals surface area contributed by atoms with Crippen molar-refractivity contribution < 1.29 is 9.18 Å². The number of carbonyl (C=O) groups is 1. The Morgan fingerprint density at radius 1 is 1.23 bits per heavy atom. The lowest BCUT2D eigenvalue weighted by atomic mass is 10.0. The second-order valence-electron chi connectivity index (χ2n) is 7.48. The minimum absolute atomic E-state index is 0.0295. The molecule has 4 heterocycles. The third-order valence-electron chi connectivity index (χ3n) is 5.62. The molecule has 9 heteroatoms. The molecule has 1 fully saturated rings. The maximum Gasteiger partial charge on any atom is 0.255 e. The van der Waals surface area contributed by atoms with Gasteiger partial charge in [0.25, 0.3) is 5.91 Å². The van der Waals surface area contributed by atoms with Gasteiger partial charge >= 0.3 is 0 Å². The summed E-state index contributed by atoms with van der Waals surface area (Å²) in [5, 5.41) is 25.9. The first kappa shape index (κ1) is 18.8. The van der Waals surface area contributed by atoms with Crippen LogP contribution in [0.5, 0.6) is 0 Å². The number of nitriles is 2. The molecular formula is C22H16FN7O. The molecule has 1 atom stereocenters. The number of halogens is 1. The molecule has 2 aromatic heterocycles. The maximum atomic E-state index is 14.6. The molecule has 1 amide bonds. The van der Waals surface area contributed by atoms with Crippen LogP contribution in [-0.4, -0.2) is 33.8 Å². The molecule has 1 aromatic carbocycles. The van der Waals surface area contributed by atoms with Crippen LogP contribution in [0.2, 0.25) is 0 Å². The van der Waals surface area contributed by atoms with Gasteiger partial charge in [-0.2, -0.15) is 15.6 Å². The summed E-state index contributed by atoms with van der Waals surface area (Å²) < 4.78 is 16.2. The molecule has 0 bridgehead atoms. The molecule has 5 rings (SSSR count). The Morgan fingerprint density at radius 3 is 2.87 bits per heavy atom. The molecule has 8 nitrogen and oxygen atoms in total. The van der Waals surface area contributed by atoms with E-state index in [0.29, 0.717) is 29.3 Å². The minimum atomic E-state index is -0.560. The van der Waals surface area contributed by atoms with Gasteiger partial charge in [0.05, 0.1) is 58.4 Å². The van der Waals surface area contributed by atoms with Gasteiger partial charge in [0.2, 0.25) is 0 Å². The van der Waals surface area contributed by atoms with Gasteiger partial charge in [-0.05, 0) is 24.6 Å². The summed E-state index contributed by atoms with van der Waals surface area (Å²) in [6, 6.07) is 12.0. The largest absolute Gasteiger partial charge is 0.354 e. The Bertz CT molecular complexity index is 1300. The van der Waals surface area contributed by atoms with Gasteiger partial charge in [-0.3, -0.25) is 4.79 Å². The van der Waals surface area contributed by atoms with Crippen molar-refractivity contribution in [3.05, 3.63) is 59.2 Å². The number of carbonyl (C=O) groups excluding carboxylic acids is 1. The quantitative estimate of drug-likeness (QED) is 0.706. The van der Waals surface area contributed by atoms with Gasteiger partial charge < -0.3 is 10.2 Å². The molecule has 0 saturated carbocycles. The van der Waals surface area contributed by atoms with E-state index in [1.165, 1.54) is 18.2 Å². The maximum absolute atomic E-state index is 14.6. The zero-order valence-electron chi connectivity index (χ0n) is 16.3. The average molecular weight is 413 g/mol. The van der Waals surface area contributed by atoms with Crippen molar-refractivity contribution in [2.24, 2.45) is 5.92 Å². The molecule has 0 spiro atoms. The molecule has 1 saturated heterocycles. The summed E-state index contributed by atoms with van der Waals surface area (Å²) in [6.07, 6.45) is 2.51. The average Bonchev–Trinajstić information content (AvgIpc) is 3.52. The Labute approximate surface area is 177 Å². The number of hydrogen-bond donors (Lipinski definition) is 1. The fraction of sp³-hybridized carbons (Fsp3) is 0.227. The van der Waals surface area contributed by atoms with E-state index in [0.717, 1.165) is 13.0 Å². The normalized spacial score (nSPS) is 17.2. The highest BCUT2D eigenvalue weighted by atomic mass is 19.1. The Morgan fingerprint density at radius 2 is 2.10 bits per heavy atom. The topological polar surface area (TPSA) is 111 Å². The van der Waals surface area contributed by atoms with Crippen LogP contribution in [0.25, 0.3) is 16.9 Å². The zero-order chi connectivity index (χ0) is 21.5. The lowest BCUT2D eigenvalue weighted by Crippen LogP contribution is -2.20. The number of benzene rings is 1. The van der Waals surface area contributed by atoms with Crippen LogP contribution in [0.15, 0.2) is 36.5 Å². The second-order valence-corrected chi connectivity index (χ2v) is 7.48. The van der Waals surface area contributed by atoms with Crippen molar-refractivity contribution in [2.75, 3.05) is 18.0 Å². The number of nitrogens with zero attached hydrogens (tertiary/aromatic N) is 6. The van der Waals surface area contributed by atoms with E-state index in [4.69, 9.17) is 5.26 Å². The van der Waals surface area contributed by atoms with Gasteiger partial charge in [-0.25, -0.2) is 14.1 Å². The van der Waals surface area contributed by atoms with Gasteiger partial charge in [0.15, 0.2) is 5.82 Å². The van der Waals surface area contributed by atoms with Gasteiger partial charge in [-0.1, -0.05) is 6.07 Å². The number of aromatic nitrogens is 3. The van der Waals surface area contributed by atoms with E-state index in [2.05, 4.69) is 21.5 Å². The van der Waals surface area contributed by atoms with Crippen LogP contribution in [0.4, 0.5) is 10.2 Å². The summed E-state index contributed by atoms with van der Waals surface area (Å²) in [6.45, 7) is 1.56. The third kappa shape index (κ3) is 3.08. The number of pyridine rings is 1. The predicted octanol–water partition coefficient (Wildman–Crippen LogP) is 2.54. The van der Waals surface area contributed by atoms with E-state index < -0.39 is 5.82 Å². The molecule has 0 unspecified atom stereocenters. The van der Waals surface area contributed by atoms with E-state index >= 15 is 0 Å². The first-order valence-corrected chi connectivity index (χ1v) is 9.80. The van der Waals surface area contributed by atoms with Crippen LogP contribution in [0.3, 0.4) is 0 Å². The van der Waals surface area contributed by atoms with E-state index in [1.54, 1.807) is 16.9 Å². The number of fused-ring (bicyclic) bond motifs is 1. The summed E-state index contributed by atoms with van der Waals surface area (Å²) >= 11 is 0. The van der Waals surface area contributed by atoms with Crippen molar-refractivity contribution in [3.8, 4) is 29.1 Å². The number of anilines is 1. The van der Waals surface area contributed by atoms with Gasteiger partial charge in [-0.15, -0.1) is 0 Å². The van der Waals surface area contributed by atoms with E-state index in [1.807, 2.05) is 17.0 Å². The molecule has 152 valence electrons. The summed E-state index contributed by atoms with van der Waals surface area (Å²) in [5.74, 6) is -0.165. The summed E-state index contributed by atoms with van der Waals surface area (Å²) in [5.41, 5.74) is 1.85. The standard InChI is InChI=1S/C22H16FN7O/c23-15-3-1-2-14(10-25)20(15)16-8-18(21-17(27-16)11-26-22(21)31)30-7-5-19(28-30)29-6-4-13(9-24)12-29/h1-3,5,7-8,13H,4,6,11-12H2,(H,26,31)/t13-/m0/s1. The smallest absolute Gasteiger partial charge is 0.255 e. The molecule has 1 N–H and O–H groups in total. The van der Waals surface area contributed by atoms with Crippen LogP contribution >= 0.6 is 0 Å². The molecule has 2 aliphatic heterocycles. The Hall–Kier alpha value is -4.24. The fourth-order valence-corrected chi connectivity index (χ4v) is 4.09. The van der Waals surface area contributed by atoms with Crippen molar-refractivity contribution >= 4 is 11.7 Å². The van der Waals surface area contributed by atoms with Crippen molar-refractivity contribution in [1.29, 1.82) is 10.5 Å². The Balaban J connectivity index is 1.63. The zero-order valence-corrected chi connectivity index (χ0v) is 16.3. The summed E-state index contributed by atoms with van der Waals surface area (Å²) in [7, 11) is 0. The molecule has 0 radical (unpaired) electrons. The van der Waals surface area contributed by atoms with Crippen LogP contribution in [0.1, 0.15) is 28.0 Å². The van der Waals surface area contributed by atoms with Crippen LogP contribution in [-0.2, 0) is 6.54 Å². The highest BCUT2D eigenvalue weighted by Crippen LogP contribution is 2.32. The molecule has 31 heavy (non-hydrogen) atoms. The first-order chi connectivity index (χ1) is 15.1.